The van der Waals surface area contributed by atoms with Gasteiger partial charge in [0, 0.05) is 18.4 Å². The molecule has 0 amide bonds. The van der Waals surface area contributed by atoms with E-state index in [2.05, 4.69) is 77.7 Å². The molecule has 0 aromatic heterocycles. The number of rotatable bonds is 10. The fraction of sp³-hybridized carbons (Fsp3) is 0.500. The summed E-state index contributed by atoms with van der Waals surface area (Å²) in [5.74, 6) is 0.604. The monoisotopic (exact) mass is 442 g/mol. The topological polar surface area (TPSA) is 36.3 Å². The highest BCUT2D eigenvalue weighted by Gasteiger charge is 2.39. The summed E-state index contributed by atoms with van der Waals surface area (Å²) in [5, 5.41) is 8.73. The molecule has 2 aliphatic rings. The first-order chi connectivity index (χ1) is 16.3. The molecule has 3 heteroatoms. The highest BCUT2D eigenvalue weighted by atomic mass is 16.5. The fourth-order valence-electron chi connectivity index (χ4n) is 5.60. The maximum absolute atomic E-state index is 8.73. The van der Waals surface area contributed by atoms with Crippen LogP contribution in [-0.4, -0.2) is 30.1 Å². The van der Waals surface area contributed by atoms with E-state index in [-0.39, 0.29) is 0 Å². The third-order valence-electron chi connectivity index (χ3n) is 7.36. The molecule has 0 N–H and O–H groups in total. The van der Waals surface area contributed by atoms with E-state index < -0.39 is 0 Å². The molecule has 0 radical (unpaired) electrons. The lowest BCUT2D eigenvalue weighted by Crippen LogP contribution is -2.43. The lowest BCUT2D eigenvalue weighted by Gasteiger charge is -2.37. The Bertz CT molecular complexity index is 893. The standard InChI is InChI=1S/C30H38N2O/c31-21-9-3-1-2-8-14-28-29(32-22-10-5-11-23-32)19-20-30(28)33-24-25-15-17-27(18-16-25)26-12-6-4-7-13-26/h1-2,4,6-7,12-13,15-18,28-30H,3,5,8-11,14,19-20,22-24H2/b2-1-/t28-,29+,30+/m1/s1. The second-order valence-electron chi connectivity index (χ2n) is 9.56. The van der Waals surface area contributed by atoms with Crippen molar-refractivity contribution in [3.05, 3.63) is 72.3 Å². The number of piperidine rings is 1. The van der Waals surface area contributed by atoms with Crippen molar-refractivity contribution in [2.24, 2.45) is 5.92 Å². The minimum absolute atomic E-state index is 0.346. The van der Waals surface area contributed by atoms with E-state index in [0.717, 1.165) is 12.8 Å². The second kappa shape index (κ2) is 12.7. The predicted molar refractivity (Wildman–Crippen MR) is 136 cm³/mol. The highest BCUT2D eigenvalue weighted by molar-refractivity contribution is 5.63. The van der Waals surface area contributed by atoms with Gasteiger partial charge in [-0.1, -0.05) is 73.2 Å². The van der Waals surface area contributed by atoms with Crippen molar-refractivity contribution in [3.8, 4) is 17.2 Å². The largest absolute Gasteiger partial charge is 0.373 e. The Kier molecular flexibility index (Phi) is 9.16. The Hall–Kier alpha value is -2.41. The van der Waals surface area contributed by atoms with E-state index >= 15 is 0 Å². The molecule has 1 aliphatic carbocycles. The van der Waals surface area contributed by atoms with Crippen LogP contribution in [0.1, 0.15) is 63.4 Å². The number of unbranched alkanes of at least 4 members (excludes halogenated alkanes) is 1. The van der Waals surface area contributed by atoms with Crippen LogP contribution in [0.2, 0.25) is 0 Å². The molecular formula is C30H38N2O. The van der Waals surface area contributed by atoms with Crippen molar-refractivity contribution in [2.45, 2.75) is 76.5 Å². The average Bonchev–Trinajstić information content (AvgIpc) is 3.29. The molecule has 1 saturated heterocycles. The summed E-state index contributed by atoms with van der Waals surface area (Å²) < 4.78 is 6.57. The number of hydrogen-bond donors (Lipinski definition) is 0. The van der Waals surface area contributed by atoms with Crippen LogP contribution in [0.4, 0.5) is 0 Å². The summed E-state index contributed by atoms with van der Waals surface area (Å²) in [6.07, 6.45) is 15.1. The Morgan fingerprint density at radius 3 is 2.36 bits per heavy atom. The zero-order valence-corrected chi connectivity index (χ0v) is 19.9. The first-order valence-electron chi connectivity index (χ1n) is 12.9. The third-order valence-corrected chi connectivity index (χ3v) is 7.36. The van der Waals surface area contributed by atoms with Gasteiger partial charge in [0.2, 0.25) is 0 Å². The Labute approximate surface area is 200 Å². The Morgan fingerprint density at radius 1 is 0.879 bits per heavy atom. The molecule has 2 fully saturated rings. The maximum Gasteiger partial charge on any atom is 0.0720 e. The number of allylic oxidation sites excluding steroid dienone is 2. The summed E-state index contributed by atoms with van der Waals surface area (Å²) in [6, 6.07) is 22.3. The van der Waals surface area contributed by atoms with Crippen LogP contribution in [-0.2, 0) is 11.3 Å². The number of nitriles is 1. The van der Waals surface area contributed by atoms with Gasteiger partial charge in [0.05, 0.1) is 18.8 Å². The summed E-state index contributed by atoms with van der Waals surface area (Å²) >= 11 is 0. The van der Waals surface area contributed by atoms with Gasteiger partial charge in [-0.2, -0.15) is 5.26 Å². The maximum atomic E-state index is 8.73. The summed E-state index contributed by atoms with van der Waals surface area (Å²) in [4.78, 5) is 2.76. The van der Waals surface area contributed by atoms with Crippen molar-refractivity contribution in [3.63, 3.8) is 0 Å². The van der Waals surface area contributed by atoms with E-state index in [9.17, 15) is 0 Å². The molecule has 174 valence electrons. The van der Waals surface area contributed by atoms with Crippen LogP contribution in [0, 0.1) is 17.2 Å². The number of likely N-dealkylation sites (tertiary alicyclic amines) is 1. The van der Waals surface area contributed by atoms with Crippen LogP contribution in [0.3, 0.4) is 0 Å². The zero-order chi connectivity index (χ0) is 22.7. The molecule has 0 bridgehead atoms. The molecule has 1 aliphatic heterocycles. The van der Waals surface area contributed by atoms with Gasteiger partial charge < -0.3 is 9.64 Å². The fourth-order valence-corrected chi connectivity index (χ4v) is 5.60. The molecule has 3 atom stereocenters. The first kappa shape index (κ1) is 23.7. The van der Waals surface area contributed by atoms with Gasteiger partial charge in [-0.15, -0.1) is 0 Å². The summed E-state index contributed by atoms with van der Waals surface area (Å²) in [7, 11) is 0. The van der Waals surface area contributed by atoms with Gasteiger partial charge in [-0.05, 0) is 74.7 Å². The quantitative estimate of drug-likeness (QED) is 0.290. The molecule has 2 aromatic carbocycles. The molecule has 0 unspecified atom stereocenters. The van der Waals surface area contributed by atoms with Crippen molar-refractivity contribution in [1.29, 1.82) is 5.26 Å². The molecule has 1 saturated carbocycles. The zero-order valence-electron chi connectivity index (χ0n) is 19.9. The lowest BCUT2D eigenvalue weighted by molar-refractivity contribution is -0.00352. The molecule has 4 rings (SSSR count). The third kappa shape index (κ3) is 6.79. The highest BCUT2D eigenvalue weighted by Crippen LogP contribution is 2.37. The average molecular weight is 443 g/mol. The van der Waals surface area contributed by atoms with E-state index in [1.165, 1.54) is 68.3 Å². The molecule has 1 heterocycles. The second-order valence-corrected chi connectivity index (χ2v) is 9.56. The van der Waals surface area contributed by atoms with E-state index in [0.29, 0.717) is 31.1 Å². The summed E-state index contributed by atoms with van der Waals surface area (Å²) in [5.41, 5.74) is 3.77. The first-order valence-corrected chi connectivity index (χ1v) is 12.9. The lowest BCUT2D eigenvalue weighted by atomic mass is 9.93. The molecule has 33 heavy (non-hydrogen) atoms. The van der Waals surface area contributed by atoms with Crippen LogP contribution >= 0.6 is 0 Å². The van der Waals surface area contributed by atoms with Gasteiger partial charge in [0.1, 0.15) is 0 Å². The predicted octanol–water partition coefficient (Wildman–Crippen LogP) is 7.14. The van der Waals surface area contributed by atoms with Gasteiger partial charge in [-0.3, -0.25) is 0 Å². The van der Waals surface area contributed by atoms with Crippen LogP contribution in [0.15, 0.2) is 66.7 Å². The van der Waals surface area contributed by atoms with Crippen molar-refractivity contribution in [2.75, 3.05) is 13.1 Å². The number of hydrogen-bond acceptors (Lipinski definition) is 3. The number of benzene rings is 2. The SMILES string of the molecule is N#CCC/C=C\CC[C@H]1[C@@H](OCc2ccc(-c3ccccc3)cc2)CC[C@@H]1N1CCCCC1. The van der Waals surface area contributed by atoms with Crippen LogP contribution < -0.4 is 0 Å². The van der Waals surface area contributed by atoms with Crippen LogP contribution in [0.5, 0.6) is 0 Å². The smallest absolute Gasteiger partial charge is 0.0720 e. The molecule has 3 nitrogen and oxygen atoms in total. The van der Waals surface area contributed by atoms with Crippen molar-refractivity contribution < 1.29 is 4.74 Å². The van der Waals surface area contributed by atoms with Crippen molar-refractivity contribution >= 4 is 0 Å². The van der Waals surface area contributed by atoms with Crippen molar-refractivity contribution in [1.82, 2.24) is 4.90 Å². The van der Waals surface area contributed by atoms with E-state index in [4.69, 9.17) is 10.00 Å². The van der Waals surface area contributed by atoms with Gasteiger partial charge in [0.15, 0.2) is 0 Å². The molecular weight excluding hydrogens is 404 g/mol. The number of nitrogens with zero attached hydrogens (tertiary/aromatic N) is 2. The minimum atomic E-state index is 0.346. The van der Waals surface area contributed by atoms with E-state index in [1.54, 1.807) is 0 Å². The van der Waals surface area contributed by atoms with Gasteiger partial charge >= 0.3 is 0 Å². The summed E-state index contributed by atoms with van der Waals surface area (Å²) in [6.45, 7) is 3.21. The van der Waals surface area contributed by atoms with Crippen LogP contribution in [0.25, 0.3) is 11.1 Å². The Balaban J connectivity index is 1.35. The van der Waals surface area contributed by atoms with Gasteiger partial charge in [-0.25, -0.2) is 0 Å². The number of ether oxygens (including phenoxy) is 1. The Morgan fingerprint density at radius 2 is 1.61 bits per heavy atom. The normalized spacial score (nSPS) is 23.7. The molecule has 2 aromatic rings. The molecule has 0 spiro atoms. The minimum Gasteiger partial charge on any atom is -0.373 e. The van der Waals surface area contributed by atoms with Gasteiger partial charge in [0.25, 0.3) is 0 Å². The van der Waals surface area contributed by atoms with E-state index in [1.807, 2.05) is 0 Å².